The van der Waals surface area contributed by atoms with E-state index in [1.54, 1.807) is 17.9 Å². The minimum Gasteiger partial charge on any atom is -0.395 e. The van der Waals surface area contributed by atoms with E-state index in [0.717, 1.165) is 25.9 Å². The summed E-state index contributed by atoms with van der Waals surface area (Å²) in [6.07, 6.45) is 3.83. The summed E-state index contributed by atoms with van der Waals surface area (Å²) in [5.41, 5.74) is 1.81. The number of aromatic nitrogens is 2. The fraction of sp³-hybridized carbons (Fsp3) is 0.593. The lowest BCUT2D eigenvalue weighted by molar-refractivity contribution is -0.0222. The highest BCUT2D eigenvalue weighted by molar-refractivity contribution is 7.92. The molecule has 1 spiro atoms. The lowest BCUT2D eigenvalue weighted by Gasteiger charge is -2.35. The van der Waals surface area contributed by atoms with Gasteiger partial charge in [-0.15, -0.1) is 0 Å². The zero-order valence-corrected chi connectivity index (χ0v) is 23.1. The standard InChI is InChI=1S/C27H35F2N5O4S/c1-18-15-23(32-25(30-18)34-13-9-27(28,29)10-14-34)31-24(36)21-4-3-20(39(37,38)19(2)17-35)16-22(21)33-11-7-26(5-6-26)8-12-33/h3-4,15-16,19,35H,5-14,17H2,1-2H3,(H,30,31,32,36)/t19-/m1/s1. The molecule has 2 N–H and O–H groups in total. The molecule has 2 aliphatic heterocycles. The summed E-state index contributed by atoms with van der Waals surface area (Å²) in [5.74, 6) is -2.63. The Hall–Kier alpha value is -2.86. The van der Waals surface area contributed by atoms with Crippen molar-refractivity contribution < 1.29 is 27.1 Å². The molecular formula is C27H35F2N5O4S. The average molecular weight is 564 g/mol. The number of halogens is 2. The molecule has 39 heavy (non-hydrogen) atoms. The van der Waals surface area contributed by atoms with Gasteiger partial charge in [-0.2, -0.15) is 4.98 Å². The Balaban J connectivity index is 1.42. The molecule has 3 heterocycles. The third-order valence-electron chi connectivity index (χ3n) is 8.31. The van der Waals surface area contributed by atoms with Gasteiger partial charge >= 0.3 is 0 Å². The summed E-state index contributed by atoms with van der Waals surface area (Å²) in [6, 6.07) is 6.05. The first-order valence-corrected chi connectivity index (χ1v) is 15.0. The molecule has 0 bridgehead atoms. The molecule has 9 nitrogen and oxygen atoms in total. The Kier molecular flexibility index (Phi) is 7.30. The van der Waals surface area contributed by atoms with Crippen molar-refractivity contribution in [1.82, 2.24) is 9.97 Å². The number of aliphatic hydroxyl groups is 1. The molecule has 2 saturated heterocycles. The van der Waals surface area contributed by atoms with Gasteiger partial charge in [0.25, 0.3) is 11.8 Å². The number of piperidine rings is 2. The molecule has 212 valence electrons. The summed E-state index contributed by atoms with van der Waals surface area (Å²) >= 11 is 0. The van der Waals surface area contributed by atoms with Crippen LogP contribution < -0.4 is 15.1 Å². The average Bonchev–Trinajstić information content (AvgIpc) is 3.66. The minimum atomic E-state index is -3.78. The smallest absolute Gasteiger partial charge is 0.258 e. The van der Waals surface area contributed by atoms with E-state index < -0.39 is 33.5 Å². The van der Waals surface area contributed by atoms with E-state index in [1.807, 2.05) is 0 Å². The summed E-state index contributed by atoms with van der Waals surface area (Å²) < 4.78 is 53.3. The van der Waals surface area contributed by atoms with E-state index in [4.69, 9.17) is 0 Å². The van der Waals surface area contributed by atoms with Gasteiger partial charge in [-0.1, -0.05) is 0 Å². The molecule has 1 atom stereocenters. The van der Waals surface area contributed by atoms with Crippen molar-refractivity contribution in [1.29, 1.82) is 0 Å². The van der Waals surface area contributed by atoms with Crippen molar-refractivity contribution in [2.24, 2.45) is 5.41 Å². The van der Waals surface area contributed by atoms with E-state index in [0.29, 0.717) is 22.4 Å². The van der Waals surface area contributed by atoms with Crippen molar-refractivity contribution in [3.8, 4) is 0 Å². The maximum absolute atomic E-state index is 13.6. The third kappa shape index (κ3) is 5.86. The number of anilines is 3. The van der Waals surface area contributed by atoms with Crippen LogP contribution in [0.1, 0.15) is 61.5 Å². The number of hydrogen-bond donors (Lipinski definition) is 2. The Morgan fingerprint density at radius 2 is 1.67 bits per heavy atom. The van der Waals surface area contributed by atoms with Crippen molar-refractivity contribution in [2.75, 3.05) is 47.9 Å². The lowest BCUT2D eigenvalue weighted by Crippen LogP contribution is -2.40. The van der Waals surface area contributed by atoms with Crippen molar-refractivity contribution in [2.45, 2.75) is 68.4 Å². The minimum absolute atomic E-state index is 0.0596. The maximum Gasteiger partial charge on any atom is 0.258 e. The number of alkyl halides is 2. The summed E-state index contributed by atoms with van der Waals surface area (Å²) in [7, 11) is -3.78. The van der Waals surface area contributed by atoms with E-state index in [9.17, 15) is 27.1 Å². The Bertz CT molecular complexity index is 1350. The quantitative estimate of drug-likeness (QED) is 0.523. The number of nitrogens with zero attached hydrogens (tertiary/aromatic N) is 4. The van der Waals surface area contributed by atoms with Crippen LogP contribution in [0.2, 0.25) is 0 Å². The first-order chi connectivity index (χ1) is 18.4. The normalized spacial score (nSPS) is 21.1. The van der Waals surface area contributed by atoms with E-state index in [2.05, 4.69) is 20.2 Å². The molecule has 2 aromatic rings. The molecule has 5 rings (SSSR count). The number of nitrogens with one attached hydrogen (secondary N) is 1. The number of sulfone groups is 1. The van der Waals surface area contributed by atoms with Gasteiger partial charge in [0.15, 0.2) is 9.84 Å². The topological polar surface area (TPSA) is 116 Å². The van der Waals surface area contributed by atoms with E-state index in [-0.39, 0.29) is 42.6 Å². The van der Waals surface area contributed by atoms with Crippen LogP contribution in [0.25, 0.3) is 0 Å². The molecular weight excluding hydrogens is 528 g/mol. The number of carbonyl (C=O) groups is 1. The second kappa shape index (κ2) is 10.3. The van der Waals surface area contributed by atoms with Gasteiger partial charge in [-0.05, 0) is 63.1 Å². The molecule has 1 aliphatic carbocycles. The number of rotatable bonds is 7. The molecule has 3 aliphatic rings. The number of aryl methyl sites for hydroxylation is 1. The highest BCUT2D eigenvalue weighted by Gasteiger charge is 2.45. The van der Waals surface area contributed by atoms with Crippen molar-refractivity contribution >= 4 is 33.2 Å². The van der Waals surface area contributed by atoms with Gasteiger partial charge in [-0.25, -0.2) is 22.2 Å². The second-order valence-corrected chi connectivity index (χ2v) is 13.6. The van der Waals surface area contributed by atoms with Crippen LogP contribution in [0.4, 0.5) is 26.2 Å². The zero-order chi connectivity index (χ0) is 28.0. The molecule has 1 amide bonds. The molecule has 0 unspecified atom stereocenters. The van der Waals surface area contributed by atoms with Crippen LogP contribution in [0.15, 0.2) is 29.2 Å². The van der Waals surface area contributed by atoms with Gasteiger partial charge in [0.2, 0.25) is 5.95 Å². The van der Waals surface area contributed by atoms with Crippen LogP contribution in [-0.2, 0) is 9.84 Å². The van der Waals surface area contributed by atoms with E-state index >= 15 is 0 Å². The van der Waals surface area contributed by atoms with Crippen LogP contribution in [0.3, 0.4) is 0 Å². The van der Waals surface area contributed by atoms with Gasteiger partial charge < -0.3 is 20.2 Å². The van der Waals surface area contributed by atoms with Crippen molar-refractivity contribution in [3.05, 3.63) is 35.5 Å². The predicted octanol–water partition coefficient (Wildman–Crippen LogP) is 3.81. The largest absolute Gasteiger partial charge is 0.395 e. The van der Waals surface area contributed by atoms with Crippen LogP contribution in [0, 0.1) is 12.3 Å². The van der Waals surface area contributed by atoms with Crippen LogP contribution >= 0.6 is 0 Å². The fourth-order valence-corrected chi connectivity index (χ4v) is 6.54. The number of aliphatic hydroxyl groups excluding tert-OH is 1. The Labute approximate surface area is 227 Å². The monoisotopic (exact) mass is 563 g/mol. The third-order valence-corrected chi connectivity index (χ3v) is 10.4. The molecule has 12 heteroatoms. The number of carbonyl (C=O) groups excluding carboxylic acids is 1. The first kappa shape index (κ1) is 27.7. The molecule has 1 aromatic heterocycles. The van der Waals surface area contributed by atoms with Gasteiger partial charge in [0, 0.05) is 50.8 Å². The maximum atomic E-state index is 13.6. The predicted molar refractivity (Wildman–Crippen MR) is 144 cm³/mol. The molecule has 3 fully saturated rings. The second-order valence-electron chi connectivity index (χ2n) is 11.2. The van der Waals surface area contributed by atoms with Crippen LogP contribution in [0.5, 0.6) is 0 Å². The van der Waals surface area contributed by atoms with Gasteiger partial charge in [0.1, 0.15) is 5.82 Å². The number of benzene rings is 1. The Morgan fingerprint density at radius 1 is 1.03 bits per heavy atom. The van der Waals surface area contributed by atoms with Gasteiger partial charge in [-0.3, -0.25) is 4.79 Å². The summed E-state index contributed by atoms with van der Waals surface area (Å²) in [4.78, 5) is 26.2. The first-order valence-electron chi connectivity index (χ1n) is 13.5. The van der Waals surface area contributed by atoms with Gasteiger partial charge in [0.05, 0.1) is 28.0 Å². The lowest BCUT2D eigenvalue weighted by atomic mass is 9.93. The fourth-order valence-electron chi connectivity index (χ4n) is 5.35. The summed E-state index contributed by atoms with van der Waals surface area (Å²) in [6.45, 7) is 4.36. The highest BCUT2D eigenvalue weighted by Crippen LogP contribution is 2.54. The summed E-state index contributed by atoms with van der Waals surface area (Å²) in [5, 5.41) is 11.3. The molecule has 0 radical (unpaired) electrons. The highest BCUT2D eigenvalue weighted by atomic mass is 32.2. The number of hydrogen-bond acceptors (Lipinski definition) is 8. The zero-order valence-electron chi connectivity index (χ0n) is 22.3. The Morgan fingerprint density at radius 3 is 2.28 bits per heavy atom. The van der Waals surface area contributed by atoms with E-state index in [1.165, 1.54) is 38.0 Å². The molecule has 1 aromatic carbocycles. The number of amides is 1. The van der Waals surface area contributed by atoms with Crippen molar-refractivity contribution in [3.63, 3.8) is 0 Å². The van der Waals surface area contributed by atoms with Crippen LogP contribution in [-0.4, -0.2) is 73.4 Å². The molecule has 1 saturated carbocycles. The SMILES string of the molecule is Cc1cc(NC(=O)c2ccc(S(=O)(=O)[C@H](C)CO)cc2N2CCC3(CC2)CC3)nc(N2CCC(F)(F)CC2)n1.